The van der Waals surface area contributed by atoms with E-state index in [-0.39, 0.29) is 10.7 Å². The number of amidine groups is 1. The monoisotopic (exact) mass is 470 g/mol. The van der Waals surface area contributed by atoms with Crippen molar-refractivity contribution < 1.29 is 13.2 Å². The van der Waals surface area contributed by atoms with E-state index in [2.05, 4.69) is 9.71 Å². The molecule has 2 aromatic heterocycles. The maximum atomic E-state index is 12.7. The molecule has 0 aliphatic rings. The first-order chi connectivity index (χ1) is 14.9. The fraction of sp³-hybridized carbons (Fsp3) is 0.0476. The molecule has 0 aliphatic heterocycles. The van der Waals surface area contributed by atoms with Gasteiger partial charge in [0.15, 0.2) is 0 Å². The van der Waals surface area contributed by atoms with Crippen molar-refractivity contribution in [1.29, 1.82) is 5.41 Å². The Morgan fingerprint density at radius 3 is 2.52 bits per heavy atom. The Hall–Kier alpha value is -3.21. The molecule has 31 heavy (non-hydrogen) atoms. The molecule has 158 valence electrons. The van der Waals surface area contributed by atoms with Crippen LogP contribution in [0.4, 0.5) is 5.69 Å². The Balaban J connectivity index is 1.57. The van der Waals surface area contributed by atoms with Gasteiger partial charge in [-0.1, -0.05) is 12.1 Å². The molecule has 0 radical (unpaired) electrons. The second-order valence-electron chi connectivity index (χ2n) is 6.51. The van der Waals surface area contributed by atoms with Gasteiger partial charge in [0.1, 0.15) is 16.6 Å². The lowest BCUT2D eigenvalue weighted by Gasteiger charge is -2.09. The van der Waals surface area contributed by atoms with E-state index < -0.39 is 10.0 Å². The van der Waals surface area contributed by atoms with Gasteiger partial charge < -0.3 is 10.5 Å². The van der Waals surface area contributed by atoms with Crippen LogP contribution in [0.15, 0.2) is 70.3 Å². The minimum absolute atomic E-state index is 0.0323. The van der Waals surface area contributed by atoms with Gasteiger partial charge in [0, 0.05) is 27.6 Å². The Kier molecular flexibility index (Phi) is 5.77. The number of hydrogen-bond acceptors (Lipinski definition) is 7. The zero-order chi connectivity index (χ0) is 22.0. The zero-order valence-electron chi connectivity index (χ0n) is 16.3. The molecule has 2 heterocycles. The van der Waals surface area contributed by atoms with Gasteiger partial charge in [0.05, 0.1) is 22.6 Å². The number of ether oxygens (including phenoxy) is 1. The highest BCUT2D eigenvalue weighted by molar-refractivity contribution is 7.92. The van der Waals surface area contributed by atoms with E-state index in [1.54, 1.807) is 30.3 Å². The first-order valence-electron chi connectivity index (χ1n) is 9.02. The van der Waals surface area contributed by atoms with E-state index in [4.69, 9.17) is 15.9 Å². The van der Waals surface area contributed by atoms with Crippen molar-refractivity contribution in [3.8, 4) is 27.6 Å². The molecule has 2 aromatic carbocycles. The largest absolute Gasteiger partial charge is 0.497 e. The molecule has 0 spiro atoms. The number of thiophene rings is 1. The van der Waals surface area contributed by atoms with E-state index in [0.29, 0.717) is 16.3 Å². The first-order valence-corrected chi connectivity index (χ1v) is 12.3. The fourth-order valence-corrected chi connectivity index (χ4v) is 5.54. The molecule has 10 heteroatoms. The van der Waals surface area contributed by atoms with Crippen LogP contribution in [0.25, 0.3) is 21.8 Å². The molecule has 0 atom stereocenters. The smallest absolute Gasteiger partial charge is 0.261 e. The molecule has 4 N–H and O–H groups in total. The van der Waals surface area contributed by atoms with Crippen molar-refractivity contribution in [2.75, 3.05) is 11.8 Å². The molecule has 0 saturated carbocycles. The average Bonchev–Trinajstić information content (AvgIpc) is 3.43. The number of nitrogens with zero attached hydrogens (tertiary/aromatic N) is 1. The number of anilines is 1. The third-order valence-electron chi connectivity index (χ3n) is 4.40. The van der Waals surface area contributed by atoms with Crippen LogP contribution in [-0.2, 0) is 10.0 Å². The minimum Gasteiger partial charge on any atom is -0.497 e. The van der Waals surface area contributed by atoms with Crippen LogP contribution in [0.2, 0.25) is 0 Å². The van der Waals surface area contributed by atoms with E-state index in [1.165, 1.54) is 41.9 Å². The van der Waals surface area contributed by atoms with Crippen LogP contribution in [0.1, 0.15) is 4.88 Å². The van der Waals surface area contributed by atoms with Crippen molar-refractivity contribution in [2.45, 2.75) is 4.90 Å². The topological polar surface area (TPSA) is 118 Å². The predicted octanol–water partition coefficient (Wildman–Crippen LogP) is 4.63. The molecule has 0 saturated heterocycles. The maximum absolute atomic E-state index is 12.7. The fourth-order valence-electron chi connectivity index (χ4n) is 2.84. The van der Waals surface area contributed by atoms with Gasteiger partial charge >= 0.3 is 0 Å². The summed E-state index contributed by atoms with van der Waals surface area (Å²) in [7, 11) is -2.21. The van der Waals surface area contributed by atoms with Gasteiger partial charge in [-0.3, -0.25) is 10.1 Å². The second kappa shape index (κ2) is 8.50. The first kappa shape index (κ1) is 21.0. The highest BCUT2D eigenvalue weighted by atomic mass is 32.2. The Morgan fingerprint density at radius 1 is 1.06 bits per heavy atom. The minimum atomic E-state index is -3.73. The lowest BCUT2D eigenvalue weighted by atomic mass is 10.1. The molecule has 0 aliphatic carbocycles. The summed E-state index contributed by atoms with van der Waals surface area (Å²) in [6, 6.07) is 15.1. The Morgan fingerprint density at radius 2 is 1.84 bits per heavy atom. The molecule has 4 rings (SSSR count). The lowest BCUT2D eigenvalue weighted by molar-refractivity contribution is 0.414. The third-order valence-corrected chi connectivity index (χ3v) is 7.65. The number of nitrogens with two attached hydrogens (primary N) is 1. The molecule has 0 unspecified atom stereocenters. The summed E-state index contributed by atoms with van der Waals surface area (Å²) < 4.78 is 33.1. The molecule has 0 fully saturated rings. The zero-order valence-corrected chi connectivity index (χ0v) is 18.8. The summed E-state index contributed by atoms with van der Waals surface area (Å²) in [5, 5.41) is 12.2. The number of methoxy groups -OCH3 is 1. The molecule has 4 aromatic rings. The van der Waals surface area contributed by atoms with Crippen molar-refractivity contribution in [3.63, 3.8) is 0 Å². The molecule has 7 nitrogen and oxygen atoms in total. The summed E-state index contributed by atoms with van der Waals surface area (Å²) in [5.41, 5.74) is 8.41. The van der Waals surface area contributed by atoms with Crippen molar-refractivity contribution in [2.24, 2.45) is 5.73 Å². The molecular formula is C21H18N4O3S3. The number of rotatable bonds is 7. The number of aromatic nitrogens is 1. The number of thiazole rings is 1. The standard InChI is InChI=1S/C21H18N4O3S3/c1-28-16-5-7-17(8-6-16)31(26,27)25-15-4-2-3-13(9-15)18-12-30-21(24-18)14-10-19(20(22)23)29-11-14/h2-12,25H,1H3,(H3,22,23). The number of sulfonamides is 1. The summed E-state index contributed by atoms with van der Waals surface area (Å²) >= 11 is 2.87. The van der Waals surface area contributed by atoms with Crippen molar-refractivity contribution in [3.05, 3.63) is 70.2 Å². The van der Waals surface area contributed by atoms with Crippen LogP contribution >= 0.6 is 22.7 Å². The molecule has 0 amide bonds. The van der Waals surface area contributed by atoms with Gasteiger partial charge in [0.25, 0.3) is 10.0 Å². The van der Waals surface area contributed by atoms with E-state index in [0.717, 1.165) is 21.8 Å². The summed E-state index contributed by atoms with van der Waals surface area (Å²) in [6.45, 7) is 0. The highest BCUT2D eigenvalue weighted by Gasteiger charge is 2.15. The van der Waals surface area contributed by atoms with E-state index in [9.17, 15) is 8.42 Å². The molecule has 0 bridgehead atoms. The highest BCUT2D eigenvalue weighted by Crippen LogP contribution is 2.32. The number of hydrogen-bond donors (Lipinski definition) is 3. The van der Waals surface area contributed by atoms with Crippen LogP contribution < -0.4 is 15.2 Å². The predicted molar refractivity (Wildman–Crippen MR) is 126 cm³/mol. The normalized spacial score (nSPS) is 11.3. The van der Waals surface area contributed by atoms with Gasteiger partial charge in [-0.2, -0.15) is 0 Å². The van der Waals surface area contributed by atoms with Gasteiger partial charge in [0.2, 0.25) is 0 Å². The third kappa shape index (κ3) is 4.61. The Bertz CT molecular complexity index is 1340. The van der Waals surface area contributed by atoms with Crippen molar-refractivity contribution >= 4 is 44.2 Å². The van der Waals surface area contributed by atoms with Crippen LogP contribution in [-0.4, -0.2) is 26.3 Å². The number of benzene rings is 2. The summed E-state index contributed by atoms with van der Waals surface area (Å²) in [4.78, 5) is 5.50. The van der Waals surface area contributed by atoms with Crippen LogP contribution in [0.5, 0.6) is 5.75 Å². The Labute approximate surface area is 187 Å². The maximum Gasteiger partial charge on any atom is 0.261 e. The number of nitrogen functional groups attached to an aromatic ring is 1. The van der Waals surface area contributed by atoms with E-state index in [1.807, 2.05) is 22.9 Å². The number of nitrogens with one attached hydrogen (secondary N) is 2. The van der Waals surface area contributed by atoms with Gasteiger partial charge in [-0.15, -0.1) is 22.7 Å². The SMILES string of the molecule is COc1ccc(S(=O)(=O)Nc2cccc(-c3csc(-c4csc(C(=N)N)c4)n3)c2)cc1. The average molecular weight is 471 g/mol. The van der Waals surface area contributed by atoms with Crippen LogP contribution in [0, 0.1) is 5.41 Å². The van der Waals surface area contributed by atoms with E-state index >= 15 is 0 Å². The van der Waals surface area contributed by atoms with Crippen LogP contribution in [0.3, 0.4) is 0 Å². The second-order valence-corrected chi connectivity index (χ2v) is 9.96. The van der Waals surface area contributed by atoms with Gasteiger partial charge in [-0.25, -0.2) is 13.4 Å². The summed E-state index contributed by atoms with van der Waals surface area (Å²) in [5.74, 6) is 0.617. The summed E-state index contributed by atoms with van der Waals surface area (Å²) in [6.07, 6.45) is 0. The van der Waals surface area contributed by atoms with Crippen molar-refractivity contribution in [1.82, 2.24) is 4.98 Å². The quantitative estimate of drug-likeness (QED) is 0.269. The molecular weight excluding hydrogens is 452 g/mol. The van der Waals surface area contributed by atoms with Gasteiger partial charge in [-0.05, 0) is 42.5 Å². The lowest BCUT2D eigenvalue weighted by Crippen LogP contribution is -2.12.